The van der Waals surface area contributed by atoms with Crippen LogP contribution in [0.2, 0.25) is 0 Å². The maximum absolute atomic E-state index is 2.34. The molecule has 0 aromatic carbocycles. The third-order valence-electron chi connectivity index (χ3n) is 11.9. The number of hydrogen-bond acceptors (Lipinski definition) is 0. The first kappa shape index (κ1) is 59.2. The van der Waals surface area contributed by atoms with Gasteiger partial charge in [0, 0.05) is 0 Å². The van der Waals surface area contributed by atoms with E-state index in [4.69, 9.17) is 0 Å². The van der Waals surface area contributed by atoms with E-state index in [9.17, 15) is 0 Å². The summed E-state index contributed by atoms with van der Waals surface area (Å²) >= 11 is 0. The summed E-state index contributed by atoms with van der Waals surface area (Å²) in [5.41, 5.74) is 0. The number of rotatable bonds is 44. The average Bonchev–Trinajstić information content (AvgIpc) is 3.11. The second-order valence-electron chi connectivity index (χ2n) is 17.0. The third kappa shape index (κ3) is 44.9. The summed E-state index contributed by atoms with van der Waals surface area (Å²) in [5, 5.41) is 0. The molecule has 4 N–H and O–H groups in total. The highest BCUT2D eigenvalue weighted by Crippen LogP contribution is 2.22. The lowest BCUT2D eigenvalue weighted by atomic mass is 10.0. The van der Waals surface area contributed by atoms with Crippen LogP contribution in [0.5, 0.6) is 0 Å². The molecule has 52 heavy (non-hydrogen) atoms. The minimum absolute atomic E-state index is 0. The Morgan fingerprint density at radius 2 is 0.308 bits per heavy atom. The fourth-order valence-electron chi connectivity index (χ4n) is 8.41. The topological polar surface area (TPSA) is 36.5 Å². The highest BCUT2D eigenvalue weighted by molar-refractivity contribution is 4.56. The Balaban J connectivity index is -0.00000384. The van der Waals surface area contributed by atoms with Crippen molar-refractivity contribution in [2.24, 2.45) is 0 Å². The molecule has 0 aliphatic heterocycles. The number of halogens is 2. The van der Waals surface area contributed by atoms with Crippen molar-refractivity contribution in [1.29, 1.82) is 0 Å². The van der Waals surface area contributed by atoms with Crippen molar-refractivity contribution in [2.75, 3.05) is 26.2 Å². The zero-order valence-electron chi connectivity index (χ0n) is 37.3. The van der Waals surface area contributed by atoms with Gasteiger partial charge in [-0.2, -0.15) is 0 Å². The van der Waals surface area contributed by atoms with Gasteiger partial charge in [0.1, 0.15) is 0 Å². The highest BCUT2D eigenvalue weighted by atomic mass is 35.5. The summed E-state index contributed by atoms with van der Waals surface area (Å²) in [6.45, 7) is 15.3. The summed E-state index contributed by atoms with van der Waals surface area (Å²) in [4.78, 5) is 0. The Morgan fingerprint density at radius 3 is 0.442 bits per heavy atom. The largest absolute Gasteiger partial charge is 1.00 e. The maximum Gasteiger partial charge on any atom is 0.0786 e. The normalized spacial score (nSPS) is 11.3. The van der Waals surface area contributed by atoms with Crippen molar-refractivity contribution in [2.45, 2.75) is 285 Å². The quantitative estimate of drug-likeness (QED) is 0.0472. The van der Waals surface area contributed by atoms with Crippen LogP contribution in [0.15, 0.2) is 0 Å². The molecule has 0 atom stereocenters. The van der Waals surface area contributed by atoms with Crippen LogP contribution in [0.1, 0.15) is 285 Å². The number of hydrogen-bond donors (Lipinski definition) is 1. The van der Waals surface area contributed by atoms with Crippen molar-refractivity contribution in [3.05, 3.63) is 0 Å². The van der Waals surface area contributed by atoms with Gasteiger partial charge in [0.15, 0.2) is 0 Å². The first-order valence-corrected chi connectivity index (χ1v) is 24.1. The van der Waals surface area contributed by atoms with Crippen molar-refractivity contribution < 1.29 is 29.3 Å². The molecule has 0 saturated carbocycles. The molecule has 4 heteroatoms. The fourth-order valence-corrected chi connectivity index (χ4v) is 8.41. The Hall–Kier alpha value is 0.500. The molecule has 0 rings (SSSR count). The lowest BCUT2D eigenvalue weighted by Gasteiger charge is -2.40. The maximum atomic E-state index is 2.34. The summed E-state index contributed by atoms with van der Waals surface area (Å²) in [5.74, 6) is 0. The molecule has 0 aromatic rings. The molecule has 320 valence electrons. The molecule has 0 fully saturated rings. The van der Waals surface area contributed by atoms with Gasteiger partial charge in [-0.15, -0.1) is 0 Å². The van der Waals surface area contributed by atoms with Gasteiger partial charge < -0.3 is 35.4 Å². The molecule has 0 aliphatic carbocycles. The van der Waals surface area contributed by atoms with E-state index in [2.05, 4.69) is 27.7 Å². The molecule has 0 radical (unpaired) electrons. The fraction of sp³-hybridized carbons (Fsp3) is 1.00. The Bertz CT molecular complexity index is 485. The lowest BCUT2D eigenvalue weighted by molar-refractivity contribution is -0.929. The lowest BCUT2D eigenvalue weighted by Crippen LogP contribution is -3.00. The van der Waals surface area contributed by atoms with E-state index in [0.29, 0.717) is 0 Å². The predicted octanol–water partition coefficient (Wildman–Crippen LogP) is 11.9. The summed E-state index contributed by atoms with van der Waals surface area (Å²) in [6, 6.07) is 0. The van der Waals surface area contributed by atoms with Gasteiger partial charge in [0.25, 0.3) is 0 Å². The SMILES string of the molecule is CCCCCCCCCCCC[N+](CCCCCCCCCCCC)(CCCCCCCCCCCC)CCCCCCCCCCCC.[Cl-].[Cl-].[NH4+]. The molecule has 0 amide bonds. The van der Waals surface area contributed by atoms with Crippen LogP contribution in [0.25, 0.3) is 0 Å². The second-order valence-corrected chi connectivity index (χ2v) is 17.0. The molecule has 0 bridgehead atoms. The molecular weight excluding hydrogens is 675 g/mol. The smallest absolute Gasteiger partial charge is 0.0786 e. The van der Waals surface area contributed by atoms with Gasteiger partial charge in [0.05, 0.1) is 26.2 Å². The molecule has 0 aliphatic rings. The highest BCUT2D eigenvalue weighted by Gasteiger charge is 2.25. The number of nitrogens with zero attached hydrogens (tertiary/aromatic N) is 1. The van der Waals surface area contributed by atoms with E-state index >= 15 is 0 Å². The van der Waals surface area contributed by atoms with E-state index in [-0.39, 0.29) is 31.0 Å². The van der Waals surface area contributed by atoms with E-state index < -0.39 is 0 Å². The van der Waals surface area contributed by atoms with E-state index in [0.717, 1.165) is 0 Å². The summed E-state index contributed by atoms with van der Waals surface area (Å²) in [7, 11) is 0. The molecule has 0 heterocycles. The van der Waals surface area contributed by atoms with Crippen molar-refractivity contribution in [3.8, 4) is 0 Å². The van der Waals surface area contributed by atoms with Crippen LogP contribution in [0, 0.1) is 0 Å². The summed E-state index contributed by atoms with van der Waals surface area (Å²) in [6.07, 6.45) is 58.7. The van der Waals surface area contributed by atoms with E-state index in [1.165, 1.54) is 287 Å². The first-order chi connectivity index (χ1) is 24.2. The van der Waals surface area contributed by atoms with Gasteiger partial charge in [-0.3, -0.25) is 0 Å². The average molecular weight is 780 g/mol. The molecule has 0 unspecified atom stereocenters. The summed E-state index contributed by atoms with van der Waals surface area (Å²) < 4.78 is 1.49. The van der Waals surface area contributed by atoms with E-state index in [1.807, 2.05) is 0 Å². The molecule has 0 spiro atoms. The number of unbranched alkanes of at least 4 members (excludes halogenated alkanes) is 36. The Morgan fingerprint density at radius 1 is 0.192 bits per heavy atom. The second kappa shape index (κ2) is 51.5. The number of quaternary nitrogens is 2. The molecular formula is C48H104Cl2N2. The van der Waals surface area contributed by atoms with Crippen LogP contribution < -0.4 is 31.0 Å². The van der Waals surface area contributed by atoms with Gasteiger partial charge in [-0.05, 0) is 51.4 Å². The van der Waals surface area contributed by atoms with Crippen LogP contribution >= 0.6 is 0 Å². The van der Waals surface area contributed by atoms with E-state index in [1.54, 1.807) is 0 Å². The van der Waals surface area contributed by atoms with Crippen molar-refractivity contribution >= 4 is 0 Å². The van der Waals surface area contributed by atoms with Gasteiger partial charge in [-0.25, -0.2) is 0 Å². The minimum Gasteiger partial charge on any atom is -1.00 e. The standard InChI is InChI=1S/C48H100N.2ClH.H3N/c1-5-9-13-17-21-25-29-33-37-41-45-49(46-42-38-34-30-26-22-18-14-10-6-2,47-43-39-35-31-27-23-19-15-11-7-3)48-44-40-36-32-28-24-20-16-12-8-4;;;/h5-48H2,1-4H3;2*1H;1H3/q+1;;;/p-1. The zero-order chi connectivity index (χ0) is 35.6. The first-order valence-electron chi connectivity index (χ1n) is 24.1. The van der Waals surface area contributed by atoms with Crippen LogP contribution in [0.3, 0.4) is 0 Å². The third-order valence-corrected chi connectivity index (χ3v) is 11.9. The molecule has 0 saturated heterocycles. The predicted molar refractivity (Wildman–Crippen MR) is 233 cm³/mol. The van der Waals surface area contributed by atoms with Crippen molar-refractivity contribution in [3.63, 3.8) is 0 Å². The monoisotopic (exact) mass is 779 g/mol. The molecule has 2 nitrogen and oxygen atoms in total. The molecule has 0 aromatic heterocycles. The van der Waals surface area contributed by atoms with Gasteiger partial charge >= 0.3 is 0 Å². The van der Waals surface area contributed by atoms with Crippen LogP contribution in [-0.4, -0.2) is 30.7 Å². The van der Waals surface area contributed by atoms with Crippen LogP contribution in [0.4, 0.5) is 0 Å². The van der Waals surface area contributed by atoms with Gasteiger partial charge in [0.2, 0.25) is 0 Å². The Kier molecular flexibility index (Phi) is 58.6. The van der Waals surface area contributed by atoms with Gasteiger partial charge in [-0.1, -0.05) is 233 Å². The Labute approximate surface area is 344 Å². The minimum atomic E-state index is 0. The zero-order valence-corrected chi connectivity index (χ0v) is 38.8. The van der Waals surface area contributed by atoms with Crippen LogP contribution in [-0.2, 0) is 0 Å². The van der Waals surface area contributed by atoms with Crippen molar-refractivity contribution in [1.82, 2.24) is 6.15 Å².